The van der Waals surface area contributed by atoms with Gasteiger partial charge >= 0.3 is 0 Å². The molecule has 5 rings (SSSR count). The molecule has 0 aromatic carbocycles. The van der Waals surface area contributed by atoms with Gasteiger partial charge in [-0.05, 0) is 19.1 Å². The van der Waals surface area contributed by atoms with Gasteiger partial charge in [-0.1, -0.05) is 0 Å². The number of thiazole rings is 1. The number of furan rings is 1. The molecule has 2 N–H and O–H groups in total. The van der Waals surface area contributed by atoms with Crippen molar-refractivity contribution in [3.63, 3.8) is 0 Å². The molecule has 1 fully saturated rings. The lowest BCUT2D eigenvalue weighted by atomic mass is 10.3. The fraction of sp³-hybridized carbons (Fsp3) is 0.333. The highest BCUT2D eigenvalue weighted by Gasteiger charge is 2.21. The molecule has 0 spiro atoms. The monoisotopic (exact) mass is 396 g/mol. The Balaban J connectivity index is 1.32. The van der Waals surface area contributed by atoms with E-state index in [4.69, 9.17) is 10.2 Å². The van der Waals surface area contributed by atoms with E-state index in [1.165, 1.54) is 4.88 Å². The van der Waals surface area contributed by atoms with Crippen LogP contribution in [0.15, 0.2) is 35.1 Å². The number of aromatic nitrogens is 5. The summed E-state index contributed by atoms with van der Waals surface area (Å²) in [6.07, 6.45) is 3.57. The van der Waals surface area contributed by atoms with Gasteiger partial charge < -0.3 is 15.1 Å². The largest absolute Gasteiger partial charge is 0.461 e. The van der Waals surface area contributed by atoms with Crippen molar-refractivity contribution < 1.29 is 4.42 Å². The van der Waals surface area contributed by atoms with E-state index in [9.17, 15) is 0 Å². The van der Waals surface area contributed by atoms with E-state index in [0.29, 0.717) is 23.2 Å². The first kappa shape index (κ1) is 17.1. The second-order valence-corrected chi connectivity index (χ2v) is 8.08. The van der Waals surface area contributed by atoms with Crippen LogP contribution < -0.4 is 10.6 Å². The third kappa shape index (κ3) is 3.20. The van der Waals surface area contributed by atoms with Gasteiger partial charge in [-0.25, -0.2) is 9.97 Å². The molecule has 144 valence electrons. The summed E-state index contributed by atoms with van der Waals surface area (Å²) in [4.78, 5) is 19.4. The van der Waals surface area contributed by atoms with Crippen LogP contribution in [0.5, 0.6) is 0 Å². The Hall–Kier alpha value is -2.98. The van der Waals surface area contributed by atoms with Crippen molar-refractivity contribution in [3.05, 3.63) is 40.5 Å². The number of nitrogens with zero attached hydrogens (tertiary/aromatic N) is 7. The molecular weight excluding hydrogens is 376 g/mol. The molecule has 9 nitrogen and oxygen atoms in total. The molecule has 0 atom stereocenters. The Morgan fingerprint density at radius 3 is 2.79 bits per heavy atom. The number of nitrogens with two attached hydrogens (primary N) is 1. The van der Waals surface area contributed by atoms with Gasteiger partial charge in [-0.15, -0.1) is 16.4 Å². The Morgan fingerprint density at radius 1 is 1.21 bits per heavy atom. The SMILES string of the molecule is Cc1ncc(CN2CCN(c3cc4nc(-c5ccco5)nn4c(N)n3)CC2)s1. The number of fused-ring (bicyclic) bond motifs is 1. The quantitative estimate of drug-likeness (QED) is 0.559. The molecule has 4 aromatic rings. The molecule has 0 bridgehead atoms. The molecule has 1 aliphatic heterocycles. The van der Waals surface area contributed by atoms with Crippen molar-refractivity contribution in [2.75, 3.05) is 36.8 Å². The zero-order valence-corrected chi connectivity index (χ0v) is 16.3. The average Bonchev–Trinajstić information content (AvgIpc) is 3.42. The number of piperazine rings is 1. The normalized spacial score (nSPS) is 15.5. The highest BCUT2D eigenvalue weighted by molar-refractivity contribution is 7.11. The zero-order chi connectivity index (χ0) is 19.1. The van der Waals surface area contributed by atoms with Crippen LogP contribution >= 0.6 is 11.3 Å². The molecule has 5 heterocycles. The summed E-state index contributed by atoms with van der Waals surface area (Å²) >= 11 is 1.76. The van der Waals surface area contributed by atoms with E-state index >= 15 is 0 Å². The van der Waals surface area contributed by atoms with Crippen LogP contribution in [-0.2, 0) is 6.54 Å². The minimum absolute atomic E-state index is 0.320. The molecule has 28 heavy (non-hydrogen) atoms. The molecule has 0 aliphatic carbocycles. The van der Waals surface area contributed by atoms with Gasteiger partial charge in [0.2, 0.25) is 11.8 Å². The summed E-state index contributed by atoms with van der Waals surface area (Å²) in [6.45, 7) is 6.70. The molecule has 1 aliphatic rings. The van der Waals surface area contributed by atoms with Crippen LogP contribution in [0, 0.1) is 6.92 Å². The molecule has 0 unspecified atom stereocenters. The van der Waals surface area contributed by atoms with E-state index < -0.39 is 0 Å². The highest BCUT2D eigenvalue weighted by Crippen LogP contribution is 2.22. The van der Waals surface area contributed by atoms with Gasteiger partial charge in [0.05, 0.1) is 11.3 Å². The minimum Gasteiger partial charge on any atom is -0.461 e. The van der Waals surface area contributed by atoms with Gasteiger partial charge in [0, 0.05) is 49.9 Å². The zero-order valence-electron chi connectivity index (χ0n) is 15.4. The second-order valence-electron chi connectivity index (χ2n) is 6.76. The number of hydrogen-bond donors (Lipinski definition) is 1. The predicted molar refractivity (Wildman–Crippen MR) is 107 cm³/mol. The summed E-state index contributed by atoms with van der Waals surface area (Å²) < 4.78 is 6.92. The van der Waals surface area contributed by atoms with E-state index in [1.807, 2.05) is 25.3 Å². The van der Waals surface area contributed by atoms with Crippen molar-refractivity contribution in [3.8, 4) is 11.6 Å². The molecular formula is C18H20N8OS. The molecule has 0 saturated carbocycles. The summed E-state index contributed by atoms with van der Waals surface area (Å²) in [5.74, 6) is 2.26. The predicted octanol–water partition coefficient (Wildman–Crippen LogP) is 2.05. The smallest absolute Gasteiger partial charge is 0.225 e. The fourth-order valence-electron chi connectivity index (χ4n) is 3.40. The highest BCUT2D eigenvalue weighted by atomic mass is 32.1. The Bertz CT molecular complexity index is 1090. The maximum absolute atomic E-state index is 6.14. The topological polar surface area (TPSA) is 102 Å². The Kier molecular flexibility index (Phi) is 4.21. The maximum Gasteiger partial charge on any atom is 0.225 e. The van der Waals surface area contributed by atoms with Crippen LogP contribution in [0.4, 0.5) is 11.8 Å². The first-order valence-corrected chi connectivity index (χ1v) is 9.93. The molecule has 4 aromatic heterocycles. The van der Waals surface area contributed by atoms with E-state index in [2.05, 4.69) is 29.9 Å². The van der Waals surface area contributed by atoms with Crippen LogP contribution in [-0.4, -0.2) is 55.6 Å². The lowest BCUT2D eigenvalue weighted by Gasteiger charge is -2.35. The van der Waals surface area contributed by atoms with Gasteiger partial charge in [-0.3, -0.25) is 4.90 Å². The van der Waals surface area contributed by atoms with Crippen molar-refractivity contribution in [1.29, 1.82) is 0 Å². The number of rotatable bonds is 4. The average molecular weight is 396 g/mol. The van der Waals surface area contributed by atoms with Gasteiger partial charge in [-0.2, -0.15) is 9.50 Å². The standard InChI is InChI=1S/C18H20N8OS/c1-12-20-10-13(28-12)11-24-4-6-25(7-5-24)15-9-16-21-17(14-3-2-8-27-14)23-26(16)18(19)22-15/h2-3,8-10H,4-7,11H2,1H3,(H2,19,22). The molecule has 10 heteroatoms. The minimum atomic E-state index is 0.320. The lowest BCUT2D eigenvalue weighted by molar-refractivity contribution is 0.251. The fourth-order valence-corrected chi connectivity index (χ4v) is 4.24. The van der Waals surface area contributed by atoms with Gasteiger partial charge in [0.1, 0.15) is 5.82 Å². The Labute approximate surface area is 165 Å². The third-order valence-electron chi connectivity index (χ3n) is 4.82. The summed E-state index contributed by atoms with van der Waals surface area (Å²) in [5.41, 5.74) is 6.80. The van der Waals surface area contributed by atoms with Crippen molar-refractivity contribution in [2.45, 2.75) is 13.5 Å². The van der Waals surface area contributed by atoms with Gasteiger partial charge in [0.15, 0.2) is 11.4 Å². The van der Waals surface area contributed by atoms with E-state index in [1.54, 1.807) is 28.2 Å². The van der Waals surface area contributed by atoms with E-state index in [0.717, 1.165) is 43.5 Å². The van der Waals surface area contributed by atoms with Crippen LogP contribution in [0.25, 0.3) is 17.2 Å². The van der Waals surface area contributed by atoms with Crippen LogP contribution in [0.3, 0.4) is 0 Å². The van der Waals surface area contributed by atoms with Crippen LogP contribution in [0.2, 0.25) is 0 Å². The van der Waals surface area contributed by atoms with Gasteiger partial charge in [0.25, 0.3) is 0 Å². The lowest BCUT2D eigenvalue weighted by Crippen LogP contribution is -2.46. The summed E-state index contributed by atoms with van der Waals surface area (Å²) in [6, 6.07) is 5.56. The second kappa shape index (κ2) is 6.88. The molecule has 0 radical (unpaired) electrons. The number of aryl methyl sites for hydroxylation is 1. The molecule has 0 amide bonds. The van der Waals surface area contributed by atoms with Crippen LogP contribution in [0.1, 0.15) is 9.88 Å². The number of anilines is 2. The van der Waals surface area contributed by atoms with Crippen molar-refractivity contribution in [1.82, 2.24) is 29.5 Å². The summed E-state index contributed by atoms with van der Waals surface area (Å²) in [7, 11) is 0. The van der Waals surface area contributed by atoms with Crippen molar-refractivity contribution >= 4 is 28.8 Å². The first-order valence-electron chi connectivity index (χ1n) is 9.11. The summed E-state index contributed by atoms with van der Waals surface area (Å²) in [5, 5.41) is 5.51. The third-order valence-corrected chi connectivity index (χ3v) is 5.72. The Morgan fingerprint density at radius 2 is 2.07 bits per heavy atom. The number of nitrogen functional groups attached to an aromatic ring is 1. The van der Waals surface area contributed by atoms with Crippen molar-refractivity contribution in [2.24, 2.45) is 0 Å². The number of hydrogen-bond acceptors (Lipinski definition) is 9. The van der Waals surface area contributed by atoms with E-state index in [-0.39, 0.29) is 0 Å². The molecule has 1 saturated heterocycles. The maximum atomic E-state index is 6.14. The first-order chi connectivity index (χ1) is 13.7.